The normalized spacial score (nSPS) is 13.6. The Morgan fingerprint density at radius 3 is 2.12 bits per heavy atom. The van der Waals surface area contributed by atoms with E-state index in [1.807, 2.05) is 43.3 Å². The molecule has 3 aromatic carbocycles. The third kappa shape index (κ3) is 3.60. The van der Waals surface area contributed by atoms with E-state index < -0.39 is 11.8 Å². The van der Waals surface area contributed by atoms with E-state index in [9.17, 15) is 9.59 Å². The fourth-order valence-corrected chi connectivity index (χ4v) is 3.82. The molecule has 6 nitrogen and oxygen atoms in total. The average Bonchev–Trinajstić information content (AvgIpc) is 3.08. The molecule has 2 amide bonds. The molecular weight excluding hydrogens is 404 g/mol. The van der Waals surface area contributed by atoms with Gasteiger partial charge in [-0.05, 0) is 54.4 Å². The number of para-hydroxylation sites is 1. The van der Waals surface area contributed by atoms with Gasteiger partial charge >= 0.3 is 0 Å². The van der Waals surface area contributed by atoms with Crippen molar-refractivity contribution in [2.75, 3.05) is 31.1 Å². The number of methoxy groups -OCH3 is 2. The van der Waals surface area contributed by atoms with E-state index in [4.69, 9.17) is 9.47 Å². The molecule has 0 spiro atoms. The molecule has 0 fully saturated rings. The van der Waals surface area contributed by atoms with Gasteiger partial charge in [0.25, 0.3) is 11.8 Å². The van der Waals surface area contributed by atoms with Gasteiger partial charge in [0.15, 0.2) is 0 Å². The van der Waals surface area contributed by atoms with Crippen LogP contribution in [0.25, 0.3) is 5.57 Å². The number of carbonyl (C=O) groups is 2. The number of hydrogen-bond acceptors (Lipinski definition) is 5. The molecule has 0 radical (unpaired) electrons. The Labute approximate surface area is 187 Å². The second-order valence-electron chi connectivity index (χ2n) is 7.47. The van der Waals surface area contributed by atoms with Crippen LogP contribution in [0.5, 0.6) is 11.5 Å². The van der Waals surface area contributed by atoms with Crippen LogP contribution in [0.2, 0.25) is 0 Å². The number of carbonyl (C=O) groups excluding carboxylic acids is 2. The number of imide groups is 1. The van der Waals surface area contributed by atoms with Gasteiger partial charge in [0.1, 0.15) is 17.2 Å². The van der Waals surface area contributed by atoms with Crippen LogP contribution in [0.4, 0.5) is 11.4 Å². The second kappa shape index (κ2) is 8.59. The Morgan fingerprint density at radius 2 is 1.50 bits per heavy atom. The van der Waals surface area contributed by atoms with Crippen LogP contribution in [0, 0.1) is 6.92 Å². The first kappa shape index (κ1) is 21.2. The molecule has 3 aromatic rings. The summed E-state index contributed by atoms with van der Waals surface area (Å²) in [6.07, 6.45) is 0. The van der Waals surface area contributed by atoms with Crippen LogP contribution < -0.4 is 19.3 Å². The first-order valence-electron chi connectivity index (χ1n) is 10.2. The highest BCUT2D eigenvalue weighted by Crippen LogP contribution is 2.40. The Kier molecular flexibility index (Phi) is 5.69. The smallest absolute Gasteiger partial charge is 0.282 e. The number of amides is 2. The van der Waals surface area contributed by atoms with Gasteiger partial charge in [-0.25, -0.2) is 4.90 Å². The van der Waals surface area contributed by atoms with E-state index >= 15 is 0 Å². The zero-order valence-electron chi connectivity index (χ0n) is 18.5. The van der Waals surface area contributed by atoms with Gasteiger partial charge in [0.05, 0.1) is 25.5 Å². The van der Waals surface area contributed by atoms with Crippen molar-refractivity contribution < 1.29 is 19.1 Å². The maximum Gasteiger partial charge on any atom is 0.282 e. The molecular formula is C26H24N2O4. The highest BCUT2D eigenvalue weighted by molar-refractivity contribution is 6.46. The number of aryl methyl sites for hydroxylation is 1. The van der Waals surface area contributed by atoms with Crippen LogP contribution >= 0.6 is 0 Å². The quantitative estimate of drug-likeness (QED) is 0.544. The first-order valence-corrected chi connectivity index (χ1v) is 10.2. The molecule has 1 heterocycles. The van der Waals surface area contributed by atoms with Gasteiger partial charge in [-0.15, -0.1) is 0 Å². The molecule has 0 saturated carbocycles. The summed E-state index contributed by atoms with van der Waals surface area (Å²) in [5.41, 5.74) is 3.40. The topological polar surface area (TPSA) is 59.1 Å². The van der Waals surface area contributed by atoms with Crippen LogP contribution in [0.3, 0.4) is 0 Å². The average molecular weight is 428 g/mol. The summed E-state index contributed by atoms with van der Waals surface area (Å²) in [6, 6.07) is 22.0. The van der Waals surface area contributed by atoms with Crippen molar-refractivity contribution in [3.63, 3.8) is 0 Å². The van der Waals surface area contributed by atoms with E-state index in [1.54, 1.807) is 55.5 Å². The molecule has 0 saturated heterocycles. The molecule has 1 aliphatic heterocycles. The molecule has 162 valence electrons. The van der Waals surface area contributed by atoms with Gasteiger partial charge in [-0.3, -0.25) is 9.59 Å². The van der Waals surface area contributed by atoms with Crippen molar-refractivity contribution in [3.05, 3.63) is 89.6 Å². The molecule has 0 bridgehead atoms. The largest absolute Gasteiger partial charge is 0.497 e. The number of rotatable bonds is 6. The lowest BCUT2D eigenvalue weighted by molar-refractivity contribution is -0.120. The van der Waals surface area contributed by atoms with Crippen molar-refractivity contribution in [2.45, 2.75) is 6.92 Å². The molecule has 0 atom stereocenters. The molecule has 0 unspecified atom stereocenters. The summed E-state index contributed by atoms with van der Waals surface area (Å²) in [5.74, 6) is 0.314. The number of ether oxygens (including phenoxy) is 2. The van der Waals surface area contributed by atoms with Gasteiger partial charge in [0, 0.05) is 12.7 Å². The van der Waals surface area contributed by atoms with Crippen molar-refractivity contribution >= 4 is 28.8 Å². The second-order valence-corrected chi connectivity index (χ2v) is 7.47. The lowest BCUT2D eigenvalue weighted by Crippen LogP contribution is -2.34. The molecule has 0 aromatic heterocycles. The minimum atomic E-state index is -0.406. The maximum atomic E-state index is 13.7. The summed E-state index contributed by atoms with van der Waals surface area (Å²) in [5, 5.41) is 0. The summed E-state index contributed by atoms with van der Waals surface area (Å²) in [4.78, 5) is 30.4. The van der Waals surface area contributed by atoms with Crippen molar-refractivity contribution in [3.8, 4) is 11.5 Å². The number of benzene rings is 3. The number of likely N-dealkylation sites (N-methyl/N-ethyl adjacent to an activating group) is 1. The minimum absolute atomic E-state index is 0.301. The number of anilines is 2. The summed E-state index contributed by atoms with van der Waals surface area (Å²) < 4.78 is 10.7. The van der Waals surface area contributed by atoms with Gasteiger partial charge in [-0.1, -0.05) is 36.4 Å². The van der Waals surface area contributed by atoms with E-state index in [-0.39, 0.29) is 0 Å². The third-order valence-corrected chi connectivity index (χ3v) is 5.49. The zero-order chi connectivity index (χ0) is 22.8. The van der Waals surface area contributed by atoms with E-state index in [1.165, 1.54) is 12.0 Å². The first-order chi connectivity index (χ1) is 15.5. The predicted molar refractivity (Wildman–Crippen MR) is 125 cm³/mol. The molecule has 0 N–H and O–H groups in total. The maximum absolute atomic E-state index is 13.7. The molecule has 6 heteroatoms. The highest BCUT2D eigenvalue weighted by Gasteiger charge is 2.43. The molecule has 4 rings (SSSR count). The summed E-state index contributed by atoms with van der Waals surface area (Å²) in [7, 11) is 4.89. The number of nitrogens with zero attached hydrogens (tertiary/aromatic N) is 2. The Bertz CT molecular complexity index is 1200. The van der Waals surface area contributed by atoms with Crippen molar-refractivity contribution in [2.24, 2.45) is 0 Å². The van der Waals surface area contributed by atoms with E-state index in [0.717, 1.165) is 11.3 Å². The van der Waals surface area contributed by atoms with Gasteiger partial charge in [0.2, 0.25) is 0 Å². The highest BCUT2D eigenvalue weighted by atomic mass is 16.5. The Morgan fingerprint density at radius 1 is 0.812 bits per heavy atom. The van der Waals surface area contributed by atoms with Gasteiger partial charge in [-0.2, -0.15) is 0 Å². The van der Waals surface area contributed by atoms with Crippen LogP contribution in [0.1, 0.15) is 11.1 Å². The van der Waals surface area contributed by atoms with E-state index in [2.05, 4.69) is 0 Å². The standard InChI is InChI=1S/C26H24N2O4/c1-17-10-15-22(32-4)21(16-17)28-25(29)23(18-11-13-20(31-3)14-12-18)24(26(28)30)27(2)19-8-6-5-7-9-19/h5-16H,1-4H3. The molecule has 32 heavy (non-hydrogen) atoms. The summed E-state index contributed by atoms with van der Waals surface area (Å²) >= 11 is 0. The minimum Gasteiger partial charge on any atom is -0.497 e. The monoisotopic (exact) mass is 428 g/mol. The predicted octanol–water partition coefficient (Wildman–Crippen LogP) is 4.43. The lowest BCUT2D eigenvalue weighted by atomic mass is 10.0. The summed E-state index contributed by atoms with van der Waals surface area (Å²) in [6.45, 7) is 1.91. The van der Waals surface area contributed by atoms with Crippen LogP contribution in [-0.2, 0) is 9.59 Å². The molecule has 0 aliphatic carbocycles. The van der Waals surface area contributed by atoms with E-state index in [0.29, 0.717) is 34.0 Å². The SMILES string of the molecule is COc1ccc(C2=C(N(C)c3ccccc3)C(=O)N(c3cc(C)ccc3OC)C2=O)cc1. The fourth-order valence-electron chi connectivity index (χ4n) is 3.82. The Balaban J connectivity index is 1.90. The number of hydrogen-bond donors (Lipinski definition) is 0. The molecule has 1 aliphatic rings. The van der Waals surface area contributed by atoms with Gasteiger partial charge < -0.3 is 14.4 Å². The fraction of sp³-hybridized carbons (Fsp3) is 0.154. The van der Waals surface area contributed by atoms with Crippen molar-refractivity contribution in [1.82, 2.24) is 0 Å². The third-order valence-electron chi connectivity index (χ3n) is 5.49. The zero-order valence-corrected chi connectivity index (χ0v) is 18.5. The Hall–Kier alpha value is -4.06. The van der Waals surface area contributed by atoms with Crippen LogP contribution in [-0.4, -0.2) is 33.1 Å². The van der Waals surface area contributed by atoms with Crippen molar-refractivity contribution in [1.29, 1.82) is 0 Å². The van der Waals surface area contributed by atoms with Crippen LogP contribution in [0.15, 0.2) is 78.5 Å². The lowest BCUT2D eigenvalue weighted by Gasteiger charge is -2.22.